The van der Waals surface area contributed by atoms with E-state index in [0.717, 1.165) is 5.92 Å². The first-order valence-corrected chi connectivity index (χ1v) is 7.14. The van der Waals surface area contributed by atoms with Gasteiger partial charge in [0.05, 0.1) is 12.0 Å². The number of nitrogens with one attached hydrogen (secondary N) is 1. The molecule has 0 aliphatic heterocycles. The average molecular weight is 275 g/mol. The molecule has 1 aliphatic rings. The summed E-state index contributed by atoms with van der Waals surface area (Å²) in [5.41, 5.74) is 0.773. The van der Waals surface area contributed by atoms with E-state index in [2.05, 4.69) is 12.2 Å². The fourth-order valence-electron chi connectivity index (χ4n) is 2.89. The topological polar surface area (TPSA) is 66.4 Å². The van der Waals surface area contributed by atoms with E-state index in [9.17, 15) is 9.59 Å². The van der Waals surface area contributed by atoms with Crippen LogP contribution in [-0.2, 0) is 11.2 Å². The molecule has 1 fully saturated rings. The second-order valence-corrected chi connectivity index (χ2v) is 5.73. The lowest BCUT2D eigenvalue weighted by atomic mass is 10.0. The molecule has 1 aromatic carbocycles. The summed E-state index contributed by atoms with van der Waals surface area (Å²) in [7, 11) is 0. The zero-order valence-electron chi connectivity index (χ0n) is 11.8. The van der Waals surface area contributed by atoms with Gasteiger partial charge in [0.15, 0.2) is 0 Å². The maximum Gasteiger partial charge on any atom is 0.335 e. The van der Waals surface area contributed by atoms with Gasteiger partial charge in [-0.2, -0.15) is 0 Å². The van der Waals surface area contributed by atoms with Gasteiger partial charge in [-0.3, -0.25) is 4.79 Å². The molecule has 1 aliphatic carbocycles. The second kappa shape index (κ2) is 6.55. The van der Waals surface area contributed by atoms with E-state index in [0.29, 0.717) is 18.0 Å². The van der Waals surface area contributed by atoms with Crippen LogP contribution in [0.25, 0.3) is 0 Å². The van der Waals surface area contributed by atoms with Gasteiger partial charge in [0.25, 0.3) is 0 Å². The first kappa shape index (κ1) is 14.6. The first-order valence-electron chi connectivity index (χ1n) is 7.14. The molecule has 108 valence electrons. The van der Waals surface area contributed by atoms with Crippen molar-refractivity contribution in [1.82, 2.24) is 5.32 Å². The predicted molar refractivity (Wildman–Crippen MR) is 76.6 cm³/mol. The molecule has 2 rings (SSSR count). The van der Waals surface area contributed by atoms with Crippen molar-refractivity contribution in [2.24, 2.45) is 11.8 Å². The Labute approximate surface area is 119 Å². The minimum atomic E-state index is -0.988. The van der Waals surface area contributed by atoms with E-state index >= 15 is 0 Å². The van der Waals surface area contributed by atoms with Crippen LogP contribution >= 0.6 is 0 Å². The molecule has 0 aromatic heterocycles. The highest BCUT2D eigenvalue weighted by molar-refractivity contribution is 5.91. The van der Waals surface area contributed by atoms with Crippen LogP contribution in [0, 0.1) is 11.8 Å². The number of hydrogen-bond acceptors (Lipinski definition) is 2. The molecule has 4 heteroatoms. The van der Waals surface area contributed by atoms with Gasteiger partial charge < -0.3 is 10.4 Å². The Morgan fingerprint density at radius 3 is 2.70 bits per heavy atom. The van der Waals surface area contributed by atoms with Gasteiger partial charge in [0, 0.05) is 6.54 Å². The summed E-state index contributed by atoms with van der Waals surface area (Å²) in [5, 5.41) is 12.0. The highest BCUT2D eigenvalue weighted by Crippen LogP contribution is 2.29. The predicted octanol–water partition coefficient (Wildman–Crippen LogP) is 2.48. The van der Waals surface area contributed by atoms with Crippen LogP contribution in [0.15, 0.2) is 24.3 Å². The maximum absolute atomic E-state index is 11.9. The molecule has 2 atom stereocenters. The summed E-state index contributed by atoms with van der Waals surface area (Å²) in [4.78, 5) is 23.0. The molecule has 0 heterocycles. The molecule has 4 nitrogen and oxygen atoms in total. The van der Waals surface area contributed by atoms with Crippen LogP contribution in [-0.4, -0.2) is 23.5 Å². The van der Waals surface area contributed by atoms with E-state index in [4.69, 9.17) is 5.11 Å². The van der Waals surface area contributed by atoms with Crippen molar-refractivity contribution in [2.45, 2.75) is 32.6 Å². The van der Waals surface area contributed by atoms with E-state index in [1.54, 1.807) is 18.2 Å². The van der Waals surface area contributed by atoms with Gasteiger partial charge in [-0.15, -0.1) is 0 Å². The lowest BCUT2D eigenvalue weighted by molar-refractivity contribution is -0.120. The highest BCUT2D eigenvalue weighted by Gasteiger charge is 2.21. The Balaban J connectivity index is 1.87. The molecule has 0 spiro atoms. The third-order valence-electron chi connectivity index (χ3n) is 3.99. The normalized spacial score (nSPS) is 21.6. The molecule has 0 radical (unpaired) electrons. The third kappa shape index (κ3) is 3.83. The third-order valence-corrected chi connectivity index (χ3v) is 3.99. The number of carbonyl (C=O) groups is 2. The lowest BCUT2D eigenvalue weighted by Gasteiger charge is -2.12. The molecule has 2 N–H and O–H groups in total. The van der Waals surface area contributed by atoms with Crippen LogP contribution < -0.4 is 5.32 Å². The summed E-state index contributed by atoms with van der Waals surface area (Å²) in [6.45, 7) is 2.95. The van der Waals surface area contributed by atoms with Crippen molar-refractivity contribution in [3.05, 3.63) is 35.4 Å². The molecule has 2 unspecified atom stereocenters. The SMILES string of the molecule is CC1CCC(CNC(=O)Cc2ccccc2C(=O)O)C1. The number of rotatable bonds is 5. The Morgan fingerprint density at radius 2 is 2.05 bits per heavy atom. The van der Waals surface area contributed by atoms with E-state index in [1.807, 2.05) is 0 Å². The zero-order valence-corrected chi connectivity index (χ0v) is 11.8. The molecule has 1 saturated carbocycles. The number of aromatic carboxylic acids is 1. The Kier molecular flexibility index (Phi) is 4.77. The minimum Gasteiger partial charge on any atom is -0.478 e. The highest BCUT2D eigenvalue weighted by atomic mass is 16.4. The molecule has 1 amide bonds. The molecule has 0 bridgehead atoms. The number of carbonyl (C=O) groups excluding carboxylic acids is 1. The summed E-state index contributed by atoms with van der Waals surface area (Å²) < 4.78 is 0. The Morgan fingerprint density at radius 1 is 1.30 bits per heavy atom. The smallest absolute Gasteiger partial charge is 0.335 e. The fourth-order valence-corrected chi connectivity index (χ4v) is 2.89. The van der Waals surface area contributed by atoms with Crippen LogP contribution in [0.2, 0.25) is 0 Å². The van der Waals surface area contributed by atoms with Crippen LogP contribution in [0.3, 0.4) is 0 Å². The van der Waals surface area contributed by atoms with Gasteiger partial charge in [0.2, 0.25) is 5.91 Å². The summed E-state index contributed by atoms with van der Waals surface area (Å²) in [5.74, 6) is 0.240. The number of benzene rings is 1. The van der Waals surface area contributed by atoms with E-state index in [1.165, 1.54) is 25.3 Å². The molecule has 0 saturated heterocycles. The quantitative estimate of drug-likeness (QED) is 0.867. The van der Waals surface area contributed by atoms with Gasteiger partial charge in [0.1, 0.15) is 0 Å². The van der Waals surface area contributed by atoms with E-state index < -0.39 is 5.97 Å². The van der Waals surface area contributed by atoms with Crippen LogP contribution in [0.4, 0.5) is 0 Å². The molecule has 1 aromatic rings. The Bertz CT molecular complexity index is 498. The van der Waals surface area contributed by atoms with E-state index in [-0.39, 0.29) is 17.9 Å². The Hall–Kier alpha value is -1.84. The maximum atomic E-state index is 11.9. The van der Waals surface area contributed by atoms with Crippen LogP contribution in [0.1, 0.15) is 42.1 Å². The largest absolute Gasteiger partial charge is 0.478 e. The number of hydrogen-bond donors (Lipinski definition) is 2. The van der Waals surface area contributed by atoms with Crippen molar-refractivity contribution in [2.75, 3.05) is 6.54 Å². The van der Waals surface area contributed by atoms with Crippen molar-refractivity contribution >= 4 is 11.9 Å². The second-order valence-electron chi connectivity index (χ2n) is 5.73. The first-order chi connectivity index (χ1) is 9.56. The summed E-state index contributed by atoms with van der Waals surface area (Å²) in [6, 6.07) is 6.66. The van der Waals surface area contributed by atoms with Gasteiger partial charge >= 0.3 is 5.97 Å². The fraction of sp³-hybridized carbons (Fsp3) is 0.500. The van der Waals surface area contributed by atoms with Crippen molar-refractivity contribution < 1.29 is 14.7 Å². The summed E-state index contributed by atoms with van der Waals surface area (Å²) in [6.07, 6.45) is 3.71. The zero-order chi connectivity index (χ0) is 14.5. The van der Waals surface area contributed by atoms with Crippen molar-refractivity contribution in [3.8, 4) is 0 Å². The number of carboxylic acids is 1. The average Bonchev–Trinajstić information content (AvgIpc) is 2.83. The van der Waals surface area contributed by atoms with Gasteiger partial charge in [-0.1, -0.05) is 31.5 Å². The monoisotopic (exact) mass is 275 g/mol. The molecule has 20 heavy (non-hydrogen) atoms. The van der Waals surface area contributed by atoms with Gasteiger partial charge in [-0.05, 0) is 36.3 Å². The minimum absolute atomic E-state index is 0.0988. The lowest BCUT2D eigenvalue weighted by Crippen LogP contribution is -2.30. The summed E-state index contributed by atoms with van der Waals surface area (Å²) >= 11 is 0. The van der Waals surface area contributed by atoms with Crippen LogP contribution in [0.5, 0.6) is 0 Å². The molecular weight excluding hydrogens is 254 g/mol. The standard InChI is InChI=1S/C16H21NO3/c1-11-6-7-12(8-11)10-17-15(18)9-13-4-2-3-5-14(13)16(19)20/h2-5,11-12H,6-10H2,1H3,(H,17,18)(H,19,20). The number of amides is 1. The number of carboxylic acid groups (broad SMARTS) is 1. The van der Waals surface area contributed by atoms with Crippen molar-refractivity contribution in [1.29, 1.82) is 0 Å². The molecular formula is C16H21NO3. The van der Waals surface area contributed by atoms with Gasteiger partial charge in [-0.25, -0.2) is 4.79 Å². The van der Waals surface area contributed by atoms with Crippen molar-refractivity contribution in [3.63, 3.8) is 0 Å².